The van der Waals surface area contributed by atoms with Crippen LogP contribution in [0.25, 0.3) is 11.3 Å². The van der Waals surface area contributed by atoms with E-state index in [0.29, 0.717) is 0 Å². The molecule has 0 aliphatic carbocycles. The van der Waals surface area contributed by atoms with Gasteiger partial charge >= 0.3 is 0 Å². The number of nitrogens with zero attached hydrogens (tertiary/aromatic N) is 3. The van der Waals surface area contributed by atoms with E-state index >= 15 is 0 Å². The number of sulfonamides is 1. The van der Waals surface area contributed by atoms with Gasteiger partial charge in [0.15, 0.2) is 0 Å². The smallest absolute Gasteiger partial charge is 0.268 e. The molecule has 0 fully saturated rings. The lowest BCUT2D eigenvalue weighted by atomic mass is 10.1. The lowest BCUT2D eigenvalue weighted by Gasteiger charge is -2.15. The van der Waals surface area contributed by atoms with Crippen molar-refractivity contribution in [2.24, 2.45) is 0 Å². The third kappa shape index (κ3) is 2.31. The van der Waals surface area contributed by atoms with Crippen LogP contribution >= 0.6 is 11.5 Å². The van der Waals surface area contributed by atoms with Crippen molar-refractivity contribution in [1.82, 2.24) is 13.9 Å². The predicted octanol–water partition coefficient (Wildman–Crippen LogP) is 2.55. The number of hydrogen-bond donors (Lipinski definition) is 0. The Balaban J connectivity index is 1.63. The molecule has 1 aliphatic rings. The molecule has 1 amide bonds. The van der Waals surface area contributed by atoms with Gasteiger partial charge in [-0.1, -0.05) is 40.9 Å². The first-order valence-corrected chi connectivity index (χ1v) is 9.37. The number of aromatic nitrogens is 2. The number of fused-ring (bicyclic) bond motifs is 1. The van der Waals surface area contributed by atoms with Gasteiger partial charge in [0.25, 0.3) is 15.9 Å². The number of hydrogen-bond acceptors (Lipinski definition) is 6. The molecule has 1 aliphatic heterocycles. The lowest BCUT2D eigenvalue weighted by molar-refractivity contribution is 0.0865. The fourth-order valence-corrected chi connectivity index (χ4v) is 4.65. The van der Waals surface area contributed by atoms with Gasteiger partial charge < -0.3 is 0 Å². The Morgan fingerprint density at radius 3 is 2.46 bits per heavy atom. The number of benzene rings is 2. The molecule has 3 aromatic rings. The molecule has 0 unspecified atom stereocenters. The second-order valence-electron chi connectivity index (χ2n) is 5.30. The zero-order valence-corrected chi connectivity index (χ0v) is 13.9. The summed E-state index contributed by atoms with van der Waals surface area (Å²) in [7, 11) is -3.78. The van der Waals surface area contributed by atoms with Crippen molar-refractivity contribution in [1.29, 1.82) is 0 Å². The van der Waals surface area contributed by atoms with Crippen LogP contribution in [0, 0.1) is 0 Å². The molecule has 0 N–H and O–H groups in total. The maximum atomic E-state index is 12.5. The van der Waals surface area contributed by atoms with Crippen LogP contribution in [0.4, 0.5) is 0 Å². The van der Waals surface area contributed by atoms with Crippen molar-refractivity contribution in [3.8, 4) is 11.3 Å². The molecule has 120 valence electrons. The van der Waals surface area contributed by atoms with Crippen molar-refractivity contribution < 1.29 is 13.2 Å². The summed E-state index contributed by atoms with van der Waals surface area (Å²) in [5.74, 6) is -0.488. The Hall–Kier alpha value is -2.58. The maximum Gasteiger partial charge on any atom is 0.269 e. The quantitative estimate of drug-likeness (QED) is 0.720. The minimum Gasteiger partial charge on any atom is -0.268 e. The van der Waals surface area contributed by atoms with E-state index in [4.69, 9.17) is 0 Å². The van der Waals surface area contributed by atoms with Crippen LogP contribution in [0.15, 0.2) is 58.8 Å². The maximum absolute atomic E-state index is 12.5. The molecule has 4 rings (SSSR count). The highest BCUT2D eigenvalue weighted by Crippen LogP contribution is 2.31. The van der Waals surface area contributed by atoms with Gasteiger partial charge in [-0.05, 0) is 29.2 Å². The molecule has 1 aromatic heterocycles. The second kappa shape index (κ2) is 5.50. The van der Waals surface area contributed by atoms with E-state index in [0.717, 1.165) is 21.1 Å². The molecule has 0 atom stereocenters. The molecule has 8 heteroatoms. The zero-order chi connectivity index (χ0) is 16.7. The summed E-state index contributed by atoms with van der Waals surface area (Å²) in [5, 5.41) is 5.82. The van der Waals surface area contributed by atoms with Crippen LogP contribution in [-0.4, -0.2) is 28.2 Å². The van der Waals surface area contributed by atoms with Crippen LogP contribution < -0.4 is 0 Å². The second-order valence-corrected chi connectivity index (χ2v) is 7.74. The summed E-state index contributed by atoms with van der Waals surface area (Å²) >= 11 is 1.26. The van der Waals surface area contributed by atoms with Crippen LogP contribution in [0.5, 0.6) is 0 Å². The molecule has 0 spiro atoms. The summed E-state index contributed by atoms with van der Waals surface area (Å²) < 4.78 is 29.8. The van der Waals surface area contributed by atoms with E-state index in [1.807, 2.05) is 17.5 Å². The monoisotopic (exact) mass is 357 g/mol. The minimum absolute atomic E-state index is 0.00540. The highest BCUT2D eigenvalue weighted by atomic mass is 32.2. The standard InChI is InChI=1S/C16H11N3O3S2/c20-16-13-3-1-2-4-15(13)24(21,22)19(16)9-11-5-7-12(8-6-11)14-10-23-18-17-14/h1-8,10H,9H2. The summed E-state index contributed by atoms with van der Waals surface area (Å²) in [4.78, 5) is 12.5. The van der Waals surface area contributed by atoms with Crippen molar-refractivity contribution >= 4 is 27.5 Å². The normalized spacial score (nSPS) is 15.5. The topological polar surface area (TPSA) is 80.2 Å². The average Bonchev–Trinajstić information content (AvgIpc) is 3.19. The summed E-state index contributed by atoms with van der Waals surface area (Å²) in [6.45, 7) is 0.00540. The van der Waals surface area contributed by atoms with Gasteiger partial charge in [0.05, 0.1) is 12.1 Å². The molecule has 24 heavy (non-hydrogen) atoms. The highest BCUT2D eigenvalue weighted by Gasteiger charge is 2.40. The highest BCUT2D eigenvalue weighted by molar-refractivity contribution is 7.90. The fourth-order valence-electron chi connectivity index (χ4n) is 2.62. The molecule has 0 bridgehead atoms. The Bertz CT molecular complexity index is 1010. The zero-order valence-electron chi connectivity index (χ0n) is 12.3. The third-order valence-electron chi connectivity index (χ3n) is 3.85. The van der Waals surface area contributed by atoms with E-state index < -0.39 is 15.9 Å². The van der Waals surface area contributed by atoms with E-state index in [9.17, 15) is 13.2 Å². The van der Waals surface area contributed by atoms with Gasteiger partial charge in [0.2, 0.25) is 0 Å². The predicted molar refractivity (Wildman–Crippen MR) is 88.8 cm³/mol. The first kappa shape index (κ1) is 15.0. The SMILES string of the molecule is O=C1c2ccccc2S(=O)(=O)N1Cc1ccc(-c2csnn2)cc1. The number of carbonyl (C=O) groups excluding carboxylic acids is 1. The third-order valence-corrected chi connectivity index (χ3v) is 6.14. The van der Waals surface area contributed by atoms with Crippen LogP contribution in [-0.2, 0) is 16.6 Å². The molecule has 0 saturated heterocycles. The van der Waals surface area contributed by atoms with Crippen molar-refractivity contribution in [2.45, 2.75) is 11.4 Å². The van der Waals surface area contributed by atoms with Gasteiger partial charge in [-0.2, -0.15) is 0 Å². The fraction of sp³-hybridized carbons (Fsp3) is 0.0625. The van der Waals surface area contributed by atoms with Gasteiger partial charge in [0, 0.05) is 10.9 Å². The Kier molecular flexibility index (Phi) is 3.43. The Morgan fingerprint density at radius 2 is 1.79 bits per heavy atom. The van der Waals surface area contributed by atoms with Gasteiger partial charge in [-0.25, -0.2) is 12.7 Å². The molecular weight excluding hydrogens is 346 g/mol. The lowest BCUT2D eigenvalue weighted by Crippen LogP contribution is -2.29. The van der Waals surface area contributed by atoms with E-state index in [2.05, 4.69) is 9.59 Å². The molecular formula is C16H11N3O3S2. The van der Waals surface area contributed by atoms with Crippen molar-refractivity contribution in [2.75, 3.05) is 0 Å². The summed E-state index contributed by atoms with van der Waals surface area (Å²) in [6, 6.07) is 13.5. The first-order chi connectivity index (χ1) is 11.6. The van der Waals surface area contributed by atoms with Gasteiger partial charge in [-0.3, -0.25) is 4.79 Å². The van der Waals surface area contributed by atoms with Crippen molar-refractivity contribution in [3.63, 3.8) is 0 Å². The number of amides is 1. The molecule has 2 heterocycles. The minimum atomic E-state index is -3.78. The van der Waals surface area contributed by atoms with E-state index in [1.54, 1.807) is 24.3 Å². The average molecular weight is 357 g/mol. The molecule has 6 nitrogen and oxygen atoms in total. The molecule has 0 saturated carbocycles. The van der Waals surface area contributed by atoms with Gasteiger partial charge in [0.1, 0.15) is 10.6 Å². The summed E-state index contributed by atoms with van der Waals surface area (Å²) in [6.07, 6.45) is 0. The summed E-state index contributed by atoms with van der Waals surface area (Å²) in [5.41, 5.74) is 2.62. The van der Waals surface area contributed by atoms with Crippen molar-refractivity contribution in [3.05, 3.63) is 65.0 Å². The van der Waals surface area contributed by atoms with Crippen LogP contribution in [0.1, 0.15) is 15.9 Å². The van der Waals surface area contributed by atoms with Crippen LogP contribution in [0.3, 0.4) is 0 Å². The number of rotatable bonds is 3. The van der Waals surface area contributed by atoms with E-state index in [1.165, 1.54) is 23.7 Å². The largest absolute Gasteiger partial charge is 0.269 e. The Labute approximate surface area is 142 Å². The van der Waals surface area contributed by atoms with Crippen LogP contribution in [0.2, 0.25) is 0 Å². The number of carbonyl (C=O) groups is 1. The first-order valence-electron chi connectivity index (χ1n) is 7.10. The Morgan fingerprint density at radius 1 is 1.04 bits per heavy atom. The van der Waals surface area contributed by atoms with Gasteiger partial charge in [-0.15, -0.1) is 5.10 Å². The van der Waals surface area contributed by atoms with E-state index in [-0.39, 0.29) is 17.0 Å². The molecule has 2 aromatic carbocycles. The molecule has 0 radical (unpaired) electrons.